The molecule has 0 saturated heterocycles. The summed E-state index contributed by atoms with van der Waals surface area (Å²) in [6, 6.07) is 2.11. The van der Waals surface area contributed by atoms with Gasteiger partial charge < -0.3 is 4.98 Å². The third kappa shape index (κ3) is 1.83. The fourth-order valence-corrected chi connectivity index (χ4v) is 1.83. The Morgan fingerprint density at radius 3 is 2.60 bits per heavy atom. The Bertz CT molecular complexity index is 520. The number of H-pyrrole nitrogens is 1. The molecule has 0 fully saturated rings. The summed E-state index contributed by atoms with van der Waals surface area (Å²) in [6.07, 6.45) is -4.43. The van der Waals surface area contributed by atoms with Crippen molar-refractivity contribution < 1.29 is 13.2 Å². The number of hydrogen-bond donors (Lipinski definition) is 1. The molecule has 0 radical (unpaired) electrons. The zero-order valence-electron chi connectivity index (χ0n) is 6.99. The number of aromatic amines is 1. The fourth-order valence-electron chi connectivity index (χ4n) is 1.26. The molecule has 7 heteroatoms. The second-order valence-corrected chi connectivity index (χ2v) is 4.00. The maximum atomic E-state index is 12.5. The molecule has 2 aromatic rings. The zero-order chi connectivity index (χ0) is 11.2. The van der Waals surface area contributed by atoms with Gasteiger partial charge in [0.1, 0.15) is 5.52 Å². The zero-order valence-corrected chi connectivity index (χ0v) is 9.33. The van der Waals surface area contributed by atoms with Crippen molar-refractivity contribution in [2.24, 2.45) is 0 Å². The first-order valence-electron chi connectivity index (χ1n) is 3.80. The van der Waals surface area contributed by atoms with E-state index in [0.29, 0.717) is 0 Å². The molecule has 0 saturated carbocycles. The molecule has 1 aromatic heterocycles. The second-order valence-electron chi connectivity index (χ2n) is 2.84. The normalized spacial score (nSPS) is 12.3. The predicted octanol–water partition coefficient (Wildman–Crippen LogP) is 4.00. The van der Waals surface area contributed by atoms with Gasteiger partial charge in [0.15, 0.2) is 4.73 Å². The van der Waals surface area contributed by atoms with Gasteiger partial charge in [-0.2, -0.15) is 13.2 Å². The summed E-state index contributed by atoms with van der Waals surface area (Å²) in [5.74, 6) is 0. The van der Waals surface area contributed by atoms with E-state index in [-0.39, 0.29) is 20.8 Å². The van der Waals surface area contributed by atoms with Crippen LogP contribution in [-0.2, 0) is 6.18 Å². The number of nitrogens with one attached hydrogen (secondary N) is 1. The van der Waals surface area contributed by atoms with Crippen LogP contribution in [0.25, 0.3) is 11.0 Å². The first kappa shape index (κ1) is 10.8. The standard InChI is InChI=1S/C8H3BrClF3N2/c9-7-14-5-3(8(11,12)13)1-2-4(10)6(5)15-7/h1-2H,(H,14,15). The average Bonchev–Trinajstić information content (AvgIpc) is 2.45. The SMILES string of the molecule is FC(F)(F)c1ccc(Cl)c2[nH]c(Br)nc12. The molecule has 80 valence electrons. The molecule has 1 aromatic carbocycles. The van der Waals surface area contributed by atoms with Crippen LogP contribution in [0.2, 0.25) is 5.02 Å². The van der Waals surface area contributed by atoms with Crippen LogP contribution in [0, 0.1) is 0 Å². The van der Waals surface area contributed by atoms with Gasteiger partial charge in [0, 0.05) is 0 Å². The predicted molar refractivity (Wildman–Crippen MR) is 53.8 cm³/mol. The van der Waals surface area contributed by atoms with Gasteiger partial charge in [-0.3, -0.25) is 0 Å². The summed E-state index contributed by atoms with van der Waals surface area (Å²) < 4.78 is 37.9. The Balaban J connectivity index is 2.83. The van der Waals surface area contributed by atoms with Gasteiger partial charge >= 0.3 is 6.18 Å². The van der Waals surface area contributed by atoms with Gasteiger partial charge in [0.25, 0.3) is 0 Å². The summed E-state index contributed by atoms with van der Waals surface area (Å²) in [5, 5.41) is 0.205. The molecule has 0 atom stereocenters. The van der Waals surface area contributed by atoms with Crippen LogP contribution in [0.1, 0.15) is 5.56 Å². The van der Waals surface area contributed by atoms with Crippen molar-refractivity contribution in [3.05, 3.63) is 27.5 Å². The summed E-state index contributed by atoms with van der Waals surface area (Å²) in [7, 11) is 0. The van der Waals surface area contributed by atoms with Crippen LogP contribution in [0.5, 0.6) is 0 Å². The van der Waals surface area contributed by atoms with Gasteiger partial charge in [0.05, 0.1) is 16.1 Å². The van der Waals surface area contributed by atoms with E-state index in [4.69, 9.17) is 11.6 Å². The fraction of sp³-hybridized carbons (Fsp3) is 0.125. The first-order chi connectivity index (χ1) is 6.89. The van der Waals surface area contributed by atoms with Crippen molar-refractivity contribution in [1.82, 2.24) is 9.97 Å². The minimum absolute atomic E-state index is 0.179. The molecule has 0 aliphatic rings. The van der Waals surface area contributed by atoms with E-state index < -0.39 is 11.7 Å². The molecule has 2 rings (SSSR count). The van der Waals surface area contributed by atoms with E-state index in [1.807, 2.05) is 0 Å². The van der Waals surface area contributed by atoms with Crippen molar-refractivity contribution in [2.45, 2.75) is 6.18 Å². The highest BCUT2D eigenvalue weighted by atomic mass is 79.9. The number of fused-ring (bicyclic) bond motifs is 1. The maximum Gasteiger partial charge on any atom is 0.418 e. The summed E-state index contributed by atoms with van der Waals surface area (Å²) in [4.78, 5) is 6.31. The molecule has 1 heterocycles. The van der Waals surface area contributed by atoms with Crippen LogP contribution < -0.4 is 0 Å². The number of alkyl halides is 3. The Morgan fingerprint density at radius 1 is 1.33 bits per heavy atom. The van der Waals surface area contributed by atoms with E-state index in [0.717, 1.165) is 6.07 Å². The van der Waals surface area contributed by atoms with Gasteiger partial charge in [-0.1, -0.05) is 11.6 Å². The Morgan fingerprint density at radius 2 is 2.00 bits per heavy atom. The number of halogens is 5. The first-order valence-corrected chi connectivity index (χ1v) is 4.97. The van der Waals surface area contributed by atoms with Crippen molar-refractivity contribution in [1.29, 1.82) is 0 Å². The highest BCUT2D eigenvalue weighted by Crippen LogP contribution is 2.36. The van der Waals surface area contributed by atoms with Crippen LogP contribution in [-0.4, -0.2) is 9.97 Å². The summed E-state index contributed by atoms with van der Waals surface area (Å²) in [5.41, 5.74) is -0.802. The van der Waals surface area contributed by atoms with Crippen molar-refractivity contribution >= 4 is 38.6 Å². The Labute approximate surface area is 95.6 Å². The van der Waals surface area contributed by atoms with Crippen molar-refractivity contribution in [2.75, 3.05) is 0 Å². The number of nitrogens with zero attached hydrogens (tertiary/aromatic N) is 1. The highest BCUT2D eigenvalue weighted by Gasteiger charge is 2.34. The largest absolute Gasteiger partial charge is 0.418 e. The lowest BCUT2D eigenvalue weighted by Crippen LogP contribution is -2.05. The maximum absolute atomic E-state index is 12.5. The van der Waals surface area contributed by atoms with Gasteiger partial charge in [-0.15, -0.1) is 0 Å². The third-order valence-electron chi connectivity index (χ3n) is 1.87. The number of rotatable bonds is 0. The molecule has 0 aliphatic carbocycles. The molecule has 1 N–H and O–H groups in total. The summed E-state index contributed by atoms with van der Waals surface area (Å²) in [6.45, 7) is 0. The van der Waals surface area contributed by atoms with E-state index in [9.17, 15) is 13.2 Å². The van der Waals surface area contributed by atoms with E-state index in [1.165, 1.54) is 6.07 Å². The Hall–Kier alpha value is -0.750. The van der Waals surface area contributed by atoms with Crippen molar-refractivity contribution in [3.8, 4) is 0 Å². The molecular formula is C8H3BrClF3N2. The van der Waals surface area contributed by atoms with Crippen LogP contribution in [0.4, 0.5) is 13.2 Å². The van der Waals surface area contributed by atoms with Gasteiger partial charge in [0.2, 0.25) is 0 Å². The third-order valence-corrected chi connectivity index (χ3v) is 2.56. The topological polar surface area (TPSA) is 28.7 Å². The number of imidazole rings is 1. The van der Waals surface area contributed by atoms with Crippen LogP contribution >= 0.6 is 27.5 Å². The molecule has 0 aliphatic heterocycles. The molecular weight excluding hydrogens is 296 g/mol. The molecule has 0 spiro atoms. The molecule has 2 nitrogen and oxygen atoms in total. The lowest BCUT2D eigenvalue weighted by molar-refractivity contribution is -0.136. The summed E-state index contributed by atoms with van der Waals surface area (Å²) >= 11 is 8.70. The molecule has 15 heavy (non-hydrogen) atoms. The van der Waals surface area contributed by atoms with E-state index in [1.54, 1.807) is 0 Å². The monoisotopic (exact) mass is 298 g/mol. The minimum atomic E-state index is -4.43. The van der Waals surface area contributed by atoms with Crippen LogP contribution in [0.15, 0.2) is 16.9 Å². The van der Waals surface area contributed by atoms with Gasteiger partial charge in [-0.05, 0) is 28.1 Å². The van der Waals surface area contributed by atoms with E-state index >= 15 is 0 Å². The van der Waals surface area contributed by atoms with Crippen LogP contribution in [0.3, 0.4) is 0 Å². The number of hydrogen-bond acceptors (Lipinski definition) is 1. The molecule has 0 unspecified atom stereocenters. The lowest BCUT2D eigenvalue weighted by Gasteiger charge is -2.06. The van der Waals surface area contributed by atoms with E-state index in [2.05, 4.69) is 25.9 Å². The average molecular weight is 299 g/mol. The smallest absolute Gasteiger partial charge is 0.331 e. The second kappa shape index (κ2) is 3.38. The van der Waals surface area contributed by atoms with Gasteiger partial charge in [-0.25, -0.2) is 4.98 Å². The number of benzene rings is 1. The number of aromatic nitrogens is 2. The molecule has 0 amide bonds. The quantitative estimate of drug-likeness (QED) is 0.782. The molecule has 0 bridgehead atoms. The van der Waals surface area contributed by atoms with Crippen molar-refractivity contribution in [3.63, 3.8) is 0 Å². The lowest BCUT2D eigenvalue weighted by atomic mass is 10.2. The Kier molecular flexibility index (Phi) is 2.42. The highest BCUT2D eigenvalue weighted by molar-refractivity contribution is 9.10. The minimum Gasteiger partial charge on any atom is -0.331 e.